The number of amides is 2. The van der Waals surface area contributed by atoms with Gasteiger partial charge in [-0.1, -0.05) is 0 Å². The molecule has 0 atom stereocenters. The van der Waals surface area contributed by atoms with E-state index in [2.05, 4.69) is 0 Å². The summed E-state index contributed by atoms with van der Waals surface area (Å²) in [6.07, 6.45) is 0. The topological polar surface area (TPSA) is 63.4 Å². The molecule has 0 aromatic heterocycles. The van der Waals surface area contributed by atoms with Crippen LogP contribution in [0.5, 0.6) is 0 Å². The maximum atomic E-state index is 11.2. The first-order chi connectivity index (χ1) is 7.06. The fraction of sp³-hybridized carbons (Fsp3) is 0.200. The highest BCUT2D eigenvalue weighted by atomic mass is 35.5. The molecule has 80 valence electrons. The number of carbonyl (C=O) groups excluding carboxylic acids is 2. The molecule has 0 saturated carbocycles. The lowest BCUT2D eigenvalue weighted by Crippen LogP contribution is -2.27. The van der Waals surface area contributed by atoms with Gasteiger partial charge in [0.15, 0.2) is 0 Å². The molecule has 0 aliphatic heterocycles. The van der Waals surface area contributed by atoms with Crippen LogP contribution in [0.15, 0.2) is 24.3 Å². The third-order valence-corrected chi connectivity index (χ3v) is 2.26. The number of benzene rings is 1. The van der Waals surface area contributed by atoms with Crippen molar-refractivity contribution in [3.05, 3.63) is 29.8 Å². The van der Waals surface area contributed by atoms with Gasteiger partial charge in [-0.2, -0.15) is 0 Å². The van der Waals surface area contributed by atoms with Gasteiger partial charge >= 0.3 is 0 Å². The summed E-state index contributed by atoms with van der Waals surface area (Å²) in [5.41, 5.74) is 6.17. The number of primary amides is 1. The summed E-state index contributed by atoms with van der Waals surface area (Å²) >= 11 is 5.41. The van der Waals surface area contributed by atoms with Crippen molar-refractivity contribution in [1.29, 1.82) is 0 Å². The minimum Gasteiger partial charge on any atom is -0.366 e. The fourth-order valence-corrected chi connectivity index (χ4v) is 1.26. The van der Waals surface area contributed by atoms with Gasteiger partial charge in [-0.15, -0.1) is 11.6 Å². The molecule has 4 nitrogen and oxygen atoms in total. The minimum absolute atomic E-state index is 0.0753. The van der Waals surface area contributed by atoms with Gasteiger partial charge in [-0.05, 0) is 24.3 Å². The summed E-state index contributed by atoms with van der Waals surface area (Å²) in [4.78, 5) is 23.4. The lowest BCUT2D eigenvalue weighted by atomic mass is 10.2. The summed E-state index contributed by atoms with van der Waals surface area (Å²) in [7, 11) is 1.62. The van der Waals surface area contributed by atoms with Crippen LogP contribution in [0.1, 0.15) is 10.4 Å². The maximum absolute atomic E-state index is 11.2. The zero-order valence-electron chi connectivity index (χ0n) is 8.24. The standard InChI is InChI=1S/C10H11ClN2O2/c1-13(9(14)6-11)8-4-2-7(3-5-8)10(12)15/h2-5H,6H2,1H3,(H2,12,15). The number of nitrogens with zero attached hydrogens (tertiary/aromatic N) is 1. The van der Waals surface area contributed by atoms with E-state index in [0.29, 0.717) is 11.3 Å². The van der Waals surface area contributed by atoms with Crippen LogP contribution < -0.4 is 10.6 Å². The van der Waals surface area contributed by atoms with Crippen LogP contribution in [0.3, 0.4) is 0 Å². The molecule has 0 spiro atoms. The van der Waals surface area contributed by atoms with Gasteiger partial charge in [0.25, 0.3) is 0 Å². The van der Waals surface area contributed by atoms with Crippen molar-refractivity contribution in [1.82, 2.24) is 0 Å². The number of alkyl halides is 1. The lowest BCUT2D eigenvalue weighted by molar-refractivity contribution is -0.116. The number of rotatable bonds is 3. The summed E-state index contributed by atoms with van der Waals surface area (Å²) in [5.74, 6) is -0.773. The molecular weight excluding hydrogens is 216 g/mol. The molecule has 0 saturated heterocycles. The highest BCUT2D eigenvalue weighted by Crippen LogP contribution is 2.13. The van der Waals surface area contributed by atoms with E-state index in [-0.39, 0.29) is 11.8 Å². The number of carbonyl (C=O) groups is 2. The molecular formula is C10H11ClN2O2. The molecule has 1 rings (SSSR count). The molecule has 2 N–H and O–H groups in total. The molecule has 0 bridgehead atoms. The van der Waals surface area contributed by atoms with Crippen molar-refractivity contribution < 1.29 is 9.59 Å². The normalized spacial score (nSPS) is 9.73. The Balaban J connectivity index is 2.89. The van der Waals surface area contributed by atoms with Crippen LogP contribution in [0, 0.1) is 0 Å². The van der Waals surface area contributed by atoms with E-state index in [4.69, 9.17) is 17.3 Å². The molecule has 1 aromatic rings. The van der Waals surface area contributed by atoms with E-state index in [1.807, 2.05) is 0 Å². The second-order valence-electron chi connectivity index (χ2n) is 3.00. The zero-order chi connectivity index (χ0) is 11.4. The second-order valence-corrected chi connectivity index (χ2v) is 3.26. The van der Waals surface area contributed by atoms with Crippen LogP contribution in [-0.2, 0) is 4.79 Å². The third-order valence-electron chi connectivity index (χ3n) is 2.03. The van der Waals surface area contributed by atoms with Gasteiger partial charge in [-0.3, -0.25) is 9.59 Å². The maximum Gasteiger partial charge on any atom is 0.248 e. The van der Waals surface area contributed by atoms with Gasteiger partial charge in [0.2, 0.25) is 11.8 Å². The average Bonchev–Trinajstić information content (AvgIpc) is 2.27. The molecule has 0 heterocycles. The smallest absolute Gasteiger partial charge is 0.248 e. The Hall–Kier alpha value is -1.55. The number of hydrogen-bond donors (Lipinski definition) is 1. The Morgan fingerprint density at radius 2 is 1.87 bits per heavy atom. The van der Waals surface area contributed by atoms with E-state index < -0.39 is 5.91 Å². The lowest BCUT2D eigenvalue weighted by Gasteiger charge is -2.15. The van der Waals surface area contributed by atoms with Gasteiger partial charge in [-0.25, -0.2) is 0 Å². The first-order valence-corrected chi connectivity index (χ1v) is 4.82. The average molecular weight is 227 g/mol. The summed E-state index contributed by atoms with van der Waals surface area (Å²) < 4.78 is 0. The Morgan fingerprint density at radius 1 is 1.33 bits per heavy atom. The van der Waals surface area contributed by atoms with Gasteiger partial charge in [0, 0.05) is 18.3 Å². The van der Waals surface area contributed by atoms with Gasteiger partial charge < -0.3 is 10.6 Å². The van der Waals surface area contributed by atoms with Crippen molar-refractivity contribution in [3.8, 4) is 0 Å². The SMILES string of the molecule is CN(C(=O)CCl)c1ccc(C(N)=O)cc1. The molecule has 2 amide bonds. The molecule has 0 radical (unpaired) electrons. The van der Waals surface area contributed by atoms with E-state index in [1.165, 1.54) is 4.90 Å². The monoisotopic (exact) mass is 226 g/mol. The fourth-order valence-electron chi connectivity index (χ4n) is 1.08. The molecule has 15 heavy (non-hydrogen) atoms. The van der Waals surface area contributed by atoms with Crippen molar-refractivity contribution in [3.63, 3.8) is 0 Å². The van der Waals surface area contributed by atoms with Crippen molar-refractivity contribution in [2.75, 3.05) is 17.8 Å². The van der Waals surface area contributed by atoms with E-state index in [1.54, 1.807) is 31.3 Å². The molecule has 5 heteroatoms. The Kier molecular flexibility index (Phi) is 3.68. The van der Waals surface area contributed by atoms with Crippen LogP contribution in [0.25, 0.3) is 0 Å². The molecule has 1 aromatic carbocycles. The third kappa shape index (κ3) is 2.70. The zero-order valence-corrected chi connectivity index (χ0v) is 8.99. The van der Waals surface area contributed by atoms with E-state index in [0.717, 1.165) is 0 Å². The number of hydrogen-bond acceptors (Lipinski definition) is 2. The predicted molar refractivity (Wildman–Crippen MR) is 59.1 cm³/mol. The largest absolute Gasteiger partial charge is 0.366 e. The summed E-state index contributed by atoms with van der Waals surface area (Å²) in [5, 5.41) is 0. The minimum atomic E-state index is -0.493. The van der Waals surface area contributed by atoms with E-state index in [9.17, 15) is 9.59 Å². The van der Waals surface area contributed by atoms with E-state index >= 15 is 0 Å². The number of halogens is 1. The van der Waals surface area contributed by atoms with Crippen molar-refractivity contribution in [2.45, 2.75) is 0 Å². The summed E-state index contributed by atoms with van der Waals surface area (Å²) in [6, 6.07) is 6.42. The van der Waals surface area contributed by atoms with Gasteiger partial charge in [0.1, 0.15) is 5.88 Å². The Morgan fingerprint density at radius 3 is 2.27 bits per heavy atom. The quantitative estimate of drug-likeness (QED) is 0.782. The van der Waals surface area contributed by atoms with Crippen molar-refractivity contribution in [2.24, 2.45) is 5.73 Å². The van der Waals surface area contributed by atoms with Crippen LogP contribution in [-0.4, -0.2) is 24.7 Å². The predicted octanol–water partition coefficient (Wildman–Crippen LogP) is 0.987. The van der Waals surface area contributed by atoms with Crippen LogP contribution in [0.4, 0.5) is 5.69 Å². The summed E-state index contributed by atoms with van der Waals surface area (Å²) in [6.45, 7) is 0. The first-order valence-electron chi connectivity index (χ1n) is 4.28. The Labute approximate surface area is 92.6 Å². The highest BCUT2D eigenvalue weighted by molar-refractivity contribution is 6.29. The van der Waals surface area contributed by atoms with Crippen molar-refractivity contribution >= 4 is 29.1 Å². The molecule has 0 fully saturated rings. The molecule has 0 aliphatic carbocycles. The second kappa shape index (κ2) is 4.79. The first kappa shape index (κ1) is 11.5. The van der Waals surface area contributed by atoms with Crippen LogP contribution >= 0.6 is 11.6 Å². The van der Waals surface area contributed by atoms with Gasteiger partial charge in [0.05, 0.1) is 0 Å². The number of nitrogens with two attached hydrogens (primary N) is 1. The molecule has 0 unspecified atom stereocenters. The number of anilines is 1. The molecule has 0 aliphatic rings. The van der Waals surface area contributed by atoms with Crippen LogP contribution in [0.2, 0.25) is 0 Å². The Bertz CT molecular complexity index is 376. The highest BCUT2D eigenvalue weighted by Gasteiger charge is 2.09.